The van der Waals surface area contributed by atoms with Gasteiger partial charge in [-0.1, -0.05) is 51.1 Å². The van der Waals surface area contributed by atoms with E-state index in [1.807, 2.05) is 18.2 Å². The zero-order chi connectivity index (χ0) is 13.6. The van der Waals surface area contributed by atoms with E-state index in [-0.39, 0.29) is 5.41 Å². The van der Waals surface area contributed by atoms with E-state index in [4.69, 9.17) is 5.73 Å². The van der Waals surface area contributed by atoms with Crippen molar-refractivity contribution in [2.75, 3.05) is 5.73 Å². The van der Waals surface area contributed by atoms with Crippen LogP contribution in [0.15, 0.2) is 35.7 Å². The van der Waals surface area contributed by atoms with E-state index in [2.05, 4.69) is 47.7 Å². The van der Waals surface area contributed by atoms with Gasteiger partial charge in [0.25, 0.3) is 0 Å². The first-order valence-corrected chi connectivity index (χ1v) is 7.18. The molecule has 0 bridgehead atoms. The van der Waals surface area contributed by atoms with Gasteiger partial charge in [0.15, 0.2) is 4.96 Å². The molecule has 3 aromatic rings. The van der Waals surface area contributed by atoms with E-state index in [0.29, 0.717) is 0 Å². The molecule has 0 atom stereocenters. The number of imidazole rings is 1. The Balaban J connectivity index is 2.27. The lowest BCUT2D eigenvalue weighted by molar-refractivity contribution is 0.576. The number of fused-ring (bicyclic) bond motifs is 1. The van der Waals surface area contributed by atoms with Gasteiger partial charge in [-0.25, -0.2) is 4.98 Å². The summed E-state index contributed by atoms with van der Waals surface area (Å²) >= 11 is 1.63. The standard InChI is InChI=1S/C15H17N3S/c1-15(2,3)12-13(16)18-11(9-19-14(18)17-12)10-7-5-4-6-8-10/h4-9H,16H2,1-3H3. The molecule has 4 heteroatoms. The molecule has 98 valence electrons. The van der Waals surface area contributed by atoms with Crippen molar-refractivity contribution in [3.8, 4) is 11.3 Å². The second-order valence-corrected chi connectivity index (χ2v) is 6.54. The summed E-state index contributed by atoms with van der Waals surface area (Å²) in [5.41, 5.74) is 9.52. The van der Waals surface area contributed by atoms with Crippen molar-refractivity contribution < 1.29 is 0 Å². The summed E-state index contributed by atoms with van der Waals surface area (Å²) in [6.45, 7) is 6.41. The van der Waals surface area contributed by atoms with Crippen LogP contribution in [0.5, 0.6) is 0 Å². The molecule has 3 nitrogen and oxygen atoms in total. The smallest absolute Gasteiger partial charge is 0.196 e. The van der Waals surface area contributed by atoms with Crippen molar-refractivity contribution >= 4 is 22.1 Å². The molecule has 0 aliphatic carbocycles. The lowest BCUT2D eigenvalue weighted by Gasteiger charge is -2.16. The van der Waals surface area contributed by atoms with Crippen LogP contribution in [0.25, 0.3) is 16.2 Å². The van der Waals surface area contributed by atoms with Crippen LogP contribution >= 0.6 is 11.3 Å². The van der Waals surface area contributed by atoms with Gasteiger partial charge in [0.05, 0.1) is 11.4 Å². The van der Waals surface area contributed by atoms with Crippen molar-refractivity contribution in [1.82, 2.24) is 9.38 Å². The monoisotopic (exact) mass is 271 g/mol. The maximum Gasteiger partial charge on any atom is 0.196 e. The van der Waals surface area contributed by atoms with Crippen LogP contribution in [0.2, 0.25) is 0 Å². The normalized spacial score (nSPS) is 12.2. The lowest BCUT2D eigenvalue weighted by Crippen LogP contribution is -2.14. The maximum absolute atomic E-state index is 6.31. The Kier molecular flexibility index (Phi) is 2.64. The molecule has 19 heavy (non-hydrogen) atoms. The highest BCUT2D eigenvalue weighted by atomic mass is 32.1. The van der Waals surface area contributed by atoms with E-state index < -0.39 is 0 Å². The van der Waals surface area contributed by atoms with Crippen molar-refractivity contribution in [3.05, 3.63) is 41.4 Å². The zero-order valence-electron chi connectivity index (χ0n) is 11.3. The summed E-state index contributed by atoms with van der Waals surface area (Å²) in [6.07, 6.45) is 0. The number of anilines is 1. The van der Waals surface area contributed by atoms with E-state index >= 15 is 0 Å². The molecular weight excluding hydrogens is 254 g/mol. The number of hydrogen-bond donors (Lipinski definition) is 1. The first-order valence-electron chi connectivity index (χ1n) is 6.30. The minimum atomic E-state index is -0.0379. The first-order chi connectivity index (χ1) is 8.98. The lowest BCUT2D eigenvalue weighted by atomic mass is 9.92. The Labute approximate surface area is 116 Å². The fourth-order valence-electron chi connectivity index (χ4n) is 2.24. The molecule has 0 radical (unpaired) electrons. The highest BCUT2D eigenvalue weighted by molar-refractivity contribution is 7.15. The predicted octanol–water partition coefficient (Wildman–Crippen LogP) is 3.94. The van der Waals surface area contributed by atoms with E-state index in [1.54, 1.807) is 11.3 Å². The van der Waals surface area contributed by atoms with Crippen LogP contribution in [0.1, 0.15) is 26.5 Å². The summed E-state index contributed by atoms with van der Waals surface area (Å²) in [5.74, 6) is 0.752. The first kappa shape index (κ1) is 12.2. The fourth-order valence-corrected chi connectivity index (χ4v) is 3.15. The van der Waals surface area contributed by atoms with Gasteiger partial charge in [-0.05, 0) is 5.56 Å². The number of aromatic nitrogens is 2. The minimum Gasteiger partial charge on any atom is -0.383 e. The average molecular weight is 271 g/mol. The average Bonchev–Trinajstić information content (AvgIpc) is 2.91. The predicted molar refractivity (Wildman–Crippen MR) is 81.6 cm³/mol. The van der Waals surface area contributed by atoms with E-state index in [1.165, 1.54) is 5.56 Å². The van der Waals surface area contributed by atoms with Gasteiger partial charge in [-0.3, -0.25) is 4.40 Å². The van der Waals surface area contributed by atoms with E-state index in [0.717, 1.165) is 22.2 Å². The van der Waals surface area contributed by atoms with Crippen LogP contribution in [-0.2, 0) is 5.41 Å². The number of thiazole rings is 1. The van der Waals surface area contributed by atoms with Crippen molar-refractivity contribution in [2.45, 2.75) is 26.2 Å². The van der Waals surface area contributed by atoms with Gasteiger partial charge in [0.1, 0.15) is 5.82 Å². The molecule has 0 unspecified atom stereocenters. The zero-order valence-corrected chi connectivity index (χ0v) is 12.2. The molecule has 2 aromatic heterocycles. The van der Waals surface area contributed by atoms with Crippen molar-refractivity contribution in [1.29, 1.82) is 0 Å². The molecule has 0 aliphatic rings. The molecule has 0 aliphatic heterocycles. The number of nitrogen functional groups attached to an aromatic ring is 1. The Morgan fingerprint density at radius 2 is 1.84 bits per heavy atom. The van der Waals surface area contributed by atoms with Gasteiger partial charge in [-0.15, -0.1) is 11.3 Å². The molecule has 2 N–H and O–H groups in total. The molecule has 0 spiro atoms. The number of rotatable bonds is 1. The van der Waals surface area contributed by atoms with Crippen LogP contribution in [0.4, 0.5) is 5.82 Å². The Bertz CT molecular complexity index is 717. The van der Waals surface area contributed by atoms with Crippen LogP contribution in [0, 0.1) is 0 Å². The third-order valence-corrected chi connectivity index (χ3v) is 4.00. The largest absolute Gasteiger partial charge is 0.383 e. The molecule has 0 saturated carbocycles. The van der Waals surface area contributed by atoms with Crippen LogP contribution in [0.3, 0.4) is 0 Å². The molecule has 0 saturated heterocycles. The molecule has 1 aromatic carbocycles. The van der Waals surface area contributed by atoms with Gasteiger partial charge >= 0.3 is 0 Å². The third-order valence-electron chi connectivity index (χ3n) is 3.18. The number of nitrogens with zero attached hydrogens (tertiary/aromatic N) is 2. The SMILES string of the molecule is CC(C)(C)c1nc2scc(-c3ccccc3)n2c1N. The highest BCUT2D eigenvalue weighted by Crippen LogP contribution is 2.34. The third kappa shape index (κ3) is 1.92. The Hall–Kier alpha value is -1.81. The number of benzene rings is 1. The Morgan fingerprint density at radius 3 is 2.47 bits per heavy atom. The Morgan fingerprint density at radius 1 is 1.16 bits per heavy atom. The van der Waals surface area contributed by atoms with Crippen LogP contribution in [-0.4, -0.2) is 9.38 Å². The summed E-state index contributed by atoms with van der Waals surface area (Å²) in [7, 11) is 0. The van der Waals surface area contributed by atoms with E-state index in [9.17, 15) is 0 Å². The summed E-state index contributed by atoms with van der Waals surface area (Å²) in [5, 5.41) is 2.11. The molecule has 0 fully saturated rings. The maximum atomic E-state index is 6.31. The molecular formula is C15H17N3S. The minimum absolute atomic E-state index is 0.0379. The quantitative estimate of drug-likeness (QED) is 0.728. The van der Waals surface area contributed by atoms with Gasteiger partial charge in [-0.2, -0.15) is 0 Å². The highest BCUT2D eigenvalue weighted by Gasteiger charge is 2.24. The van der Waals surface area contributed by atoms with Gasteiger partial charge < -0.3 is 5.73 Å². The number of nitrogens with two attached hydrogens (primary N) is 1. The summed E-state index contributed by atoms with van der Waals surface area (Å²) < 4.78 is 2.06. The molecule has 3 rings (SSSR count). The molecule has 2 heterocycles. The molecule has 0 amide bonds. The van der Waals surface area contributed by atoms with Crippen molar-refractivity contribution in [3.63, 3.8) is 0 Å². The van der Waals surface area contributed by atoms with Crippen molar-refractivity contribution in [2.24, 2.45) is 0 Å². The summed E-state index contributed by atoms with van der Waals surface area (Å²) in [4.78, 5) is 5.65. The second-order valence-electron chi connectivity index (χ2n) is 5.70. The fraction of sp³-hybridized carbons (Fsp3) is 0.267. The van der Waals surface area contributed by atoms with Gasteiger partial charge in [0, 0.05) is 10.8 Å². The second kappa shape index (κ2) is 4.10. The topological polar surface area (TPSA) is 43.3 Å². The number of hydrogen-bond acceptors (Lipinski definition) is 3. The van der Waals surface area contributed by atoms with Crippen LogP contribution < -0.4 is 5.73 Å². The summed E-state index contributed by atoms with van der Waals surface area (Å²) in [6, 6.07) is 10.3. The van der Waals surface area contributed by atoms with Gasteiger partial charge in [0.2, 0.25) is 0 Å².